The summed E-state index contributed by atoms with van der Waals surface area (Å²) in [4.78, 5) is 14.7. The molecule has 1 fully saturated rings. The molecule has 0 amide bonds. The van der Waals surface area contributed by atoms with Crippen molar-refractivity contribution in [1.82, 2.24) is 4.98 Å². The molecule has 0 radical (unpaired) electrons. The predicted octanol–water partition coefficient (Wildman–Crippen LogP) is 2.61. The van der Waals surface area contributed by atoms with Crippen LogP contribution >= 0.6 is 11.8 Å². The van der Waals surface area contributed by atoms with E-state index in [0.29, 0.717) is 5.25 Å². The molecule has 1 saturated carbocycles. The lowest BCUT2D eigenvalue weighted by molar-refractivity contribution is 0.0692. The lowest BCUT2D eigenvalue weighted by atomic mass is 10.2. The van der Waals surface area contributed by atoms with Crippen LogP contribution in [0, 0.1) is 5.82 Å². The van der Waals surface area contributed by atoms with Crippen molar-refractivity contribution in [3.63, 3.8) is 0 Å². The maximum absolute atomic E-state index is 13.9. The number of carboxylic acid groups (broad SMARTS) is 1. The Kier molecular flexibility index (Phi) is 4.06. The van der Waals surface area contributed by atoms with E-state index in [1.165, 1.54) is 12.3 Å². The zero-order valence-corrected chi connectivity index (χ0v) is 10.8. The highest BCUT2D eigenvalue weighted by Gasteiger charge is 2.28. The van der Waals surface area contributed by atoms with Crippen LogP contribution in [-0.4, -0.2) is 33.6 Å². The van der Waals surface area contributed by atoms with E-state index in [1.807, 2.05) is 6.26 Å². The Morgan fingerprint density at radius 3 is 3.06 bits per heavy atom. The fourth-order valence-electron chi connectivity index (χ4n) is 2.26. The Labute approximate surface area is 109 Å². The number of nitrogens with zero attached hydrogens (tertiary/aromatic N) is 1. The molecule has 2 rings (SSSR count). The van der Waals surface area contributed by atoms with Gasteiger partial charge in [0, 0.05) is 17.5 Å². The van der Waals surface area contributed by atoms with Crippen molar-refractivity contribution in [3.05, 3.63) is 23.6 Å². The van der Waals surface area contributed by atoms with Gasteiger partial charge in [-0.15, -0.1) is 0 Å². The summed E-state index contributed by atoms with van der Waals surface area (Å²) in [6.07, 6.45) is 6.51. The standard InChI is InChI=1S/C12H15FN2O2S/c1-18-9-4-2-3-8(9)15-11-10(13)7(12(16)17)5-6-14-11/h5-6,8-9H,2-4H2,1H3,(H,14,15)(H,16,17). The highest BCUT2D eigenvalue weighted by atomic mass is 32.2. The summed E-state index contributed by atoms with van der Waals surface area (Å²) in [5, 5.41) is 12.3. The van der Waals surface area contributed by atoms with E-state index < -0.39 is 11.8 Å². The highest BCUT2D eigenvalue weighted by molar-refractivity contribution is 7.99. The number of halogens is 1. The van der Waals surface area contributed by atoms with Crippen LogP contribution in [-0.2, 0) is 0 Å². The molecule has 18 heavy (non-hydrogen) atoms. The Balaban J connectivity index is 2.19. The molecule has 1 heterocycles. The average molecular weight is 270 g/mol. The molecule has 2 atom stereocenters. The molecule has 2 unspecified atom stereocenters. The quantitative estimate of drug-likeness (QED) is 0.880. The number of nitrogens with one attached hydrogen (secondary N) is 1. The van der Waals surface area contributed by atoms with Crippen molar-refractivity contribution in [2.75, 3.05) is 11.6 Å². The molecule has 6 heteroatoms. The van der Waals surface area contributed by atoms with Crippen LogP contribution in [0.3, 0.4) is 0 Å². The molecule has 0 aliphatic heterocycles. The summed E-state index contributed by atoms with van der Waals surface area (Å²) >= 11 is 1.75. The van der Waals surface area contributed by atoms with Gasteiger partial charge in [-0.1, -0.05) is 6.42 Å². The van der Waals surface area contributed by atoms with Gasteiger partial charge in [-0.05, 0) is 25.2 Å². The fraction of sp³-hybridized carbons (Fsp3) is 0.500. The van der Waals surface area contributed by atoms with Crippen molar-refractivity contribution in [3.8, 4) is 0 Å². The number of carboxylic acids is 1. The van der Waals surface area contributed by atoms with Crippen LogP contribution in [0.25, 0.3) is 0 Å². The number of rotatable bonds is 4. The van der Waals surface area contributed by atoms with E-state index >= 15 is 0 Å². The minimum atomic E-state index is -1.27. The van der Waals surface area contributed by atoms with Gasteiger partial charge in [-0.2, -0.15) is 11.8 Å². The van der Waals surface area contributed by atoms with Gasteiger partial charge in [0.05, 0.1) is 0 Å². The minimum absolute atomic E-state index is 0.0425. The second kappa shape index (κ2) is 5.56. The van der Waals surface area contributed by atoms with Gasteiger partial charge in [0.25, 0.3) is 0 Å². The molecule has 0 aromatic carbocycles. The molecule has 1 aromatic heterocycles. The molecule has 0 saturated heterocycles. The maximum Gasteiger partial charge on any atom is 0.338 e. The molecule has 1 aromatic rings. The summed E-state index contributed by atoms with van der Waals surface area (Å²) < 4.78 is 13.9. The monoisotopic (exact) mass is 270 g/mol. The number of anilines is 1. The normalized spacial score (nSPS) is 23.0. The van der Waals surface area contributed by atoms with Gasteiger partial charge in [-0.25, -0.2) is 14.2 Å². The van der Waals surface area contributed by atoms with E-state index in [9.17, 15) is 9.18 Å². The average Bonchev–Trinajstić information content (AvgIpc) is 2.78. The van der Waals surface area contributed by atoms with Gasteiger partial charge in [0.1, 0.15) is 5.56 Å². The largest absolute Gasteiger partial charge is 0.478 e. The molecule has 1 aliphatic rings. The third kappa shape index (κ3) is 2.58. The fourth-order valence-corrected chi connectivity index (χ4v) is 3.19. The van der Waals surface area contributed by atoms with Crippen LogP contribution in [0.1, 0.15) is 29.6 Å². The smallest absolute Gasteiger partial charge is 0.338 e. The van der Waals surface area contributed by atoms with Gasteiger partial charge in [-0.3, -0.25) is 0 Å². The molecule has 0 bridgehead atoms. The number of thioether (sulfide) groups is 1. The summed E-state index contributed by atoms with van der Waals surface area (Å²) in [6.45, 7) is 0. The van der Waals surface area contributed by atoms with E-state index in [4.69, 9.17) is 5.11 Å². The van der Waals surface area contributed by atoms with Crippen molar-refractivity contribution in [2.24, 2.45) is 0 Å². The van der Waals surface area contributed by atoms with Crippen molar-refractivity contribution in [1.29, 1.82) is 0 Å². The van der Waals surface area contributed by atoms with Crippen molar-refractivity contribution >= 4 is 23.5 Å². The number of aromatic nitrogens is 1. The SMILES string of the molecule is CSC1CCCC1Nc1nccc(C(=O)O)c1F. The Hall–Kier alpha value is -1.30. The summed E-state index contributed by atoms with van der Waals surface area (Å²) in [5.74, 6) is -2.01. The molecule has 98 valence electrons. The molecule has 2 N–H and O–H groups in total. The molecular formula is C12H15FN2O2S. The van der Waals surface area contributed by atoms with Crippen LogP contribution in [0.2, 0.25) is 0 Å². The topological polar surface area (TPSA) is 62.2 Å². The third-order valence-electron chi connectivity index (χ3n) is 3.20. The van der Waals surface area contributed by atoms with Gasteiger partial charge >= 0.3 is 5.97 Å². The maximum atomic E-state index is 13.9. The van der Waals surface area contributed by atoms with E-state index in [1.54, 1.807) is 11.8 Å². The van der Waals surface area contributed by atoms with Crippen LogP contribution < -0.4 is 5.32 Å². The van der Waals surface area contributed by atoms with Gasteiger partial charge in [0.15, 0.2) is 11.6 Å². The highest BCUT2D eigenvalue weighted by Crippen LogP contribution is 2.31. The van der Waals surface area contributed by atoms with Crippen molar-refractivity contribution < 1.29 is 14.3 Å². The second-order valence-electron chi connectivity index (χ2n) is 4.28. The first kappa shape index (κ1) is 13.1. The lowest BCUT2D eigenvalue weighted by Crippen LogP contribution is -2.27. The third-order valence-corrected chi connectivity index (χ3v) is 4.37. The minimum Gasteiger partial charge on any atom is -0.478 e. The first-order valence-corrected chi connectivity index (χ1v) is 7.09. The van der Waals surface area contributed by atoms with Crippen LogP contribution in [0.4, 0.5) is 10.2 Å². The first-order valence-electron chi connectivity index (χ1n) is 5.80. The van der Waals surface area contributed by atoms with Crippen LogP contribution in [0.5, 0.6) is 0 Å². The number of pyridine rings is 1. The predicted molar refractivity (Wildman–Crippen MR) is 69.7 cm³/mol. The zero-order chi connectivity index (χ0) is 13.1. The number of hydrogen-bond acceptors (Lipinski definition) is 4. The molecule has 4 nitrogen and oxygen atoms in total. The molecule has 0 spiro atoms. The summed E-state index contributed by atoms with van der Waals surface area (Å²) in [7, 11) is 0. The van der Waals surface area contributed by atoms with E-state index in [-0.39, 0.29) is 17.4 Å². The van der Waals surface area contributed by atoms with Crippen LogP contribution in [0.15, 0.2) is 12.3 Å². The molecular weight excluding hydrogens is 255 g/mol. The second-order valence-corrected chi connectivity index (χ2v) is 5.36. The summed E-state index contributed by atoms with van der Waals surface area (Å²) in [5.41, 5.74) is -0.341. The Morgan fingerprint density at radius 1 is 1.61 bits per heavy atom. The summed E-state index contributed by atoms with van der Waals surface area (Å²) in [6, 6.07) is 1.33. The number of carbonyl (C=O) groups is 1. The Morgan fingerprint density at radius 2 is 2.39 bits per heavy atom. The first-order chi connectivity index (χ1) is 8.63. The molecule has 1 aliphatic carbocycles. The number of aromatic carboxylic acids is 1. The Bertz CT molecular complexity index is 456. The van der Waals surface area contributed by atoms with E-state index in [0.717, 1.165) is 19.3 Å². The lowest BCUT2D eigenvalue weighted by Gasteiger charge is -2.20. The van der Waals surface area contributed by atoms with Gasteiger partial charge in [0.2, 0.25) is 0 Å². The van der Waals surface area contributed by atoms with Gasteiger partial charge < -0.3 is 10.4 Å². The zero-order valence-electron chi connectivity index (χ0n) is 10.0. The number of hydrogen-bond donors (Lipinski definition) is 2. The van der Waals surface area contributed by atoms with E-state index in [2.05, 4.69) is 10.3 Å². The van der Waals surface area contributed by atoms with Crippen molar-refractivity contribution in [2.45, 2.75) is 30.6 Å².